The van der Waals surface area contributed by atoms with Crippen LogP contribution >= 0.6 is 11.6 Å². The molecule has 1 amide bonds. The Bertz CT molecular complexity index is 638. The van der Waals surface area contributed by atoms with Gasteiger partial charge < -0.3 is 24.8 Å². The Hall–Kier alpha value is -1.99. The molecule has 1 atom stereocenters. The van der Waals surface area contributed by atoms with Crippen LogP contribution in [0.25, 0.3) is 0 Å². The van der Waals surface area contributed by atoms with Crippen LogP contribution in [0.3, 0.4) is 0 Å². The van der Waals surface area contributed by atoms with Crippen LogP contribution < -0.4 is 14.8 Å². The zero-order valence-corrected chi connectivity index (χ0v) is 15.1. The fraction of sp³-hybridized carbons (Fsp3) is 0.529. The van der Waals surface area contributed by atoms with E-state index in [0.29, 0.717) is 41.7 Å². The van der Waals surface area contributed by atoms with Gasteiger partial charge in [-0.2, -0.15) is 0 Å². The highest BCUT2D eigenvalue weighted by molar-refractivity contribution is 6.32. The van der Waals surface area contributed by atoms with E-state index in [2.05, 4.69) is 5.32 Å². The molecule has 0 aromatic heterocycles. The molecular formula is C17H23ClN2O5. The van der Waals surface area contributed by atoms with Gasteiger partial charge in [-0.1, -0.05) is 11.6 Å². The van der Waals surface area contributed by atoms with Crippen molar-refractivity contribution in [3.8, 4) is 11.5 Å². The molecule has 0 saturated carbocycles. The summed E-state index contributed by atoms with van der Waals surface area (Å²) in [7, 11) is 2.99. The number of carboxylic acids is 1. The number of hydrogen-bond donors (Lipinski definition) is 2. The number of nitrogens with zero attached hydrogens (tertiary/aromatic N) is 1. The van der Waals surface area contributed by atoms with Crippen LogP contribution in [0, 0.1) is 5.92 Å². The van der Waals surface area contributed by atoms with E-state index in [9.17, 15) is 9.59 Å². The van der Waals surface area contributed by atoms with Crippen molar-refractivity contribution in [3.05, 3.63) is 17.2 Å². The second kappa shape index (κ2) is 8.92. The van der Waals surface area contributed by atoms with Crippen LogP contribution in [0.1, 0.15) is 19.3 Å². The van der Waals surface area contributed by atoms with Gasteiger partial charge in [-0.05, 0) is 19.4 Å². The second-order valence-corrected chi connectivity index (χ2v) is 6.37. The summed E-state index contributed by atoms with van der Waals surface area (Å²) in [5.74, 6) is -0.411. The van der Waals surface area contributed by atoms with Crippen molar-refractivity contribution < 1.29 is 24.2 Å². The van der Waals surface area contributed by atoms with Gasteiger partial charge in [-0.25, -0.2) is 0 Å². The minimum absolute atomic E-state index is 0.180. The molecule has 1 aromatic carbocycles. The Morgan fingerprint density at radius 3 is 2.68 bits per heavy atom. The van der Waals surface area contributed by atoms with Crippen LogP contribution in [0.2, 0.25) is 5.02 Å². The second-order valence-electron chi connectivity index (χ2n) is 5.96. The lowest BCUT2D eigenvalue weighted by Gasteiger charge is -2.30. The van der Waals surface area contributed by atoms with Crippen LogP contribution in [-0.2, 0) is 9.59 Å². The van der Waals surface area contributed by atoms with Gasteiger partial charge in [0.15, 0.2) is 0 Å². The monoisotopic (exact) mass is 370 g/mol. The molecule has 0 radical (unpaired) electrons. The highest BCUT2D eigenvalue weighted by Crippen LogP contribution is 2.35. The van der Waals surface area contributed by atoms with E-state index in [4.69, 9.17) is 26.2 Å². The maximum absolute atomic E-state index is 12.2. The molecule has 8 heteroatoms. The van der Waals surface area contributed by atoms with E-state index < -0.39 is 5.97 Å². The van der Waals surface area contributed by atoms with Crippen molar-refractivity contribution in [1.82, 2.24) is 4.90 Å². The van der Waals surface area contributed by atoms with Gasteiger partial charge in [0.05, 0.1) is 30.8 Å². The van der Waals surface area contributed by atoms with Crippen LogP contribution in [-0.4, -0.2) is 55.7 Å². The Balaban J connectivity index is 1.93. The Labute approximate surface area is 151 Å². The number of aliphatic carboxylic acids is 1. The lowest BCUT2D eigenvalue weighted by atomic mass is 9.98. The quantitative estimate of drug-likeness (QED) is 0.766. The van der Waals surface area contributed by atoms with Gasteiger partial charge in [0.25, 0.3) is 0 Å². The van der Waals surface area contributed by atoms with E-state index >= 15 is 0 Å². The van der Waals surface area contributed by atoms with Gasteiger partial charge in [-0.3, -0.25) is 9.59 Å². The molecule has 0 spiro atoms. The molecule has 25 heavy (non-hydrogen) atoms. The first-order valence-corrected chi connectivity index (χ1v) is 8.49. The molecule has 1 unspecified atom stereocenters. The van der Waals surface area contributed by atoms with Gasteiger partial charge in [0.1, 0.15) is 11.5 Å². The van der Waals surface area contributed by atoms with E-state index in [0.717, 1.165) is 13.0 Å². The van der Waals surface area contributed by atoms with Crippen LogP contribution in [0.5, 0.6) is 11.5 Å². The van der Waals surface area contributed by atoms with Crippen molar-refractivity contribution in [2.45, 2.75) is 19.3 Å². The first kappa shape index (κ1) is 19.3. The summed E-state index contributed by atoms with van der Waals surface area (Å²) in [6.07, 6.45) is 1.79. The molecule has 0 aliphatic carbocycles. The number of likely N-dealkylation sites (tertiary alicyclic amines) is 1. The smallest absolute Gasteiger partial charge is 0.307 e. The predicted molar refractivity (Wildman–Crippen MR) is 94.6 cm³/mol. The number of ether oxygens (including phenoxy) is 2. The fourth-order valence-corrected chi connectivity index (χ4v) is 3.12. The molecule has 1 heterocycles. The molecule has 2 N–H and O–H groups in total. The number of hydrogen-bond acceptors (Lipinski definition) is 5. The summed E-state index contributed by atoms with van der Waals surface area (Å²) in [5.41, 5.74) is 0.482. The maximum atomic E-state index is 12.2. The number of benzene rings is 1. The highest BCUT2D eigenvalue weighted by atomic mass is 35.5. The third-order valence-electron chi connectivity index (χ3n) is 4.26. The Morgan fingerprint density at radius 2 is 2.04 bits per heavy atom. The molecule has 1 fully saturated rings. The van der Waals surface area contributed by atoms with E-state index in [-0.39, 0.29) is 18.2 Å². The van der Waals surface area contributed by atoms with E-state index in [1.807, 2.05) is 4.90 Å². The number of rotatable bonds is 7. The molecule has 1 aromatic rings. The Morgan fingerprint density at radius 1 is 1.32 bits per heavy atom. The molecule has 1 aliphatic heterocycles. The summed E-state index contributed by atoms with van der Waals surface area (Å²) in [6.45, 7) is 1.82. The van der Waals surface area contributed by atoms with Gasteiger partial charge in [0.2, 0.25) is 5.91 Å². The molecular weight excluding hydrogens is 348 g/mol. The zero-order valence-electron chi connectivity index (χ0n) is 14.4. The molecule has 0 bridgehead atoms. The number of methoxy groups -OCH3 is 2. The van der Waals surface area contributed by atoms with Crippen LogP contribution in [0.4, 0.5) is 5.69 Å². The topological polar surface area (TPSA) is 88.1 Å². The van der Waals surface area contributed by atoms with E-state index in [1.54, 1.807) is 12.1 Å². The number of carbonyl (C=O) groups excluding carboxylic acids is 1. The number of piperidine rings is 1. The molecule has 1 saturated heterocycles. The first-order chi connectivity index (χ1) is 11.9. The lowest BCUT2D eigenvalue weighted by Crippen LogP contribution is -2.40. The van der Waals surface area contributed by atoms with Crippen molar-refractivity contribution in [3.63, 3.8) is 0 Å². The summed E-state index contributed by atoms with van der Waals surface area (Å²) < 4.78 is 10.4. The number of anilines is 1. The number of nitrogens with one attached hydrogen (secondary N) is 1. The minimum Gasteiger partial charge on any atom is -0.495 e. The maximum Gasteiger partial charge on any atom is 0.307 e. The van der Waals surface area contributed by atoms with Gasteiger partial charge in [-0.15, -0.1) is 0 Å². The normalized spacial score (nSPS) is 17.8. The van der Waals surface area contributed by atoms with Crippen LogP contribution in [0.15, 0.2) is 12.1 Å². The largest absolute Gasteiger partial charge is 0.495 e. The number of carbonyl (C=O) groups is 2. The van der Waals surface area contributed by atoms with Gasteiger partial charge in [0, 0.05) is 31.6 Å². The number of amides is 1. The van der Waals surface area contributed by atoms with Crippen molar-refractivity contribution >= 4 is 29.2 Å². The standard InChI is InChI=1S/C17H23ClN2O5/c1-24-14-9-13(15(25-2)8-12(14)18)19-16(21)5-7-20-6-3-4-11(10-20)17(22)23/h8-9,11H,3-7,10H2,1-2H3,(H,19,21)(H,22,23). The summed E-state index contributed by atoms with van der Waals surface area (Å²) >= 11 is 6.05. The zero-order chi connectivity index (χ0) is 18.4. The average molecular weight is 371 g/mol. The summed E-state index contributed by atoms with van der Waals surface area (Å²) in [5, 5.41) is 12.3. The number of carboxylic acid groups (broad SMARTS) is 1. The lowest BCUT2D eigenvalue weighted by molar-refractivity contribution is -0.143. The molecule has 1 aliphatic rings. The number of halogens is 1. The van der Waals surface area contributed by atoms with E-state index in [1.165, 1.54) is 14.2 Å². The summed E-state index contributed by atoms with van der Waals surface area (Å²) in [6, 6.07) is 3.19. The predicted octanol–water partition coefficient (Wildman–Crippen LogP) is 2.48. The molecule has 2 rings (SSSR count). The van der Waals surface area contributed by atoms with Gasteiger partial charge >= 0.3 is 5.97 Å². The minimum atomic E-state index is -0.771. The van der Waals surface area contributed by atoms with Crippen molar-refractivity contribution in [1.29, 1.82) is 0 Å². The third-order valence-corrected chi connectivity index (χ3v) is 4.55. The van der Waals surface area contributed by atoms with Crippen molar-refractivity contribution in [2.75, 3.05) is 39.2 Å². The SMILES string of the molecule is COc1cc(NC(=O)CCN2CCCC(C(=O)O)C2)c(OC)cc1Cl. The molecule has 138 valence electrons. The summed E-state index contributed by atoms with van der Waals surface area (Å²) in [4.78, 5) is 25.4. The first-order valence-electron chi connectivity index (χ1n) is 8.11. The third kappa shape index (κ3) is 5.24. The highest BCUT2D eigenvalue weighted by Gasteiger charge is 2.25. The Kier molecular flexibility index (Phi) is 6.90. The average Bonchev–Trinajstić information content (AvgIpc) is 2.61. The fourth-order valence-electron chi connectivity index (χ4n) is 2.89. The van der Waals surface area contributed by atoms with Crippen molar-refractivity contribution in [2.24, 2.45) is 5.92 Å². The molecule has 7 nitrogen and oxygen atoms in total.